The maximum atomic E-state index is 13.9. The van der Waals surface area contributed by atoms with Crippen molar-refractivity contribution >= 4 is 11.7 Å². The average Bonchev–Trinajstić information content (AvgIpc) is 2.76. The molecular formula is C23H24F3NO4. The number of aryl methyl sites for hydroxylation is 1. The number of likely N-dealkylation sites (tertiary alicyclic amines) is 1. The number of para-hydroxylation sites is 1. The topological polar surface area (TPSA) is 55.8 Å². The minimum Gasteiger partial charge on any atom is -0.493 e. The quantitative estimate of drug-likeness (QED) is 0.613. The number of carbonyl (C=O) groups excluding carboxylic acids is 2. The molecule has 2 aromatic carbocycles. The Morgan fingerprint density at radius 3 is 2.26 bits per heavy atom. The molecule has 0 atom stereocenters. The number of Topliss-reactive ketones (excluding diaryl/α,β-unsaturated/α-hetero) is 1. The summed E-state index contributed by atoms with van der Waals surface area (Å²) in [5.74, 6) is -3.67. The van der Waals surface area contributed by atoms with E-state index >= 15 is 0 Å². The molecule has 1 aliphatic heterocycles. The summed E-state index contributed by atoms with van der Waals surface area (Å²) < 4.78 is 51.6. The number of nitrogens with zero attached hydrogens (tertiary/aromatic N) is 1. The van der Waals surface area contributed by atoms with Gasteiger partial charge >= 0.3 is 0 Å². The Labute approximate surface area is 178 Å². The highest BCUT2D eigenvalue weighted by Gasteiger charge is 2.31. The van der Waals surface area contributed by atoms with Crippen LogP contribution < -0.4 is 9.47 Å². The second-order valence-corrected chi connectivity index (χ2v) is 7.42. The average molecular weight is 435 g/mol. The molecule has 166 valence electrons. The summed E-state index contributed by atoms with van der Waals surface area (Å²) in [6, 6.07) is 6.47. The summed E-state index contributed by atoms with van der Waals surface area (Å²) in [5, 5.41) is 0. The molecule has 0 saturated carbocycles. The number of rotatable bonds is 7. The van der Waals surface area contributed by atoms with E-state index in [2.05, 4.69) is 0 Å². The Morgan fingerprint density at radius 2 is 1.68 bits per heavy atom. The predicted octanol–water partition coefficient (Wildman–Crippen LogP) is 4.18. The Balaban J connectivity index is 1.58. The number of amides is 1. The van der Waals surface area contributed by atoms with Crippen LogP contribution >= 0.6 is 0 Å². The number of methoxy groups -OCH3 is 2. The zero-order valence-electron chi connectivity index (χ0n) is 17.4. The van der Waals surface area contributed by atoms with Gasteiger partial charge in [0.25, 0.3) is 0 Å². The number of ketones is 1. The molecule has 1 fully saturated rings. The molecule has 0 spiro atoms. The van der Waals surface area contributed by atoms with Crippen molar-refractivity contribution in [2.75, 3.05) is 27.3 Å². The summed E-state index contributed by atoms with van der Waals surface area (Å²) in [7, 11) is 3.08. The van der Waals surface area contributed by atoms with Gasteiger partial charge in [0.1, 0.15) is 17.5 Å². The lowest BCUT2D eigenvalue weighted by molar-refractivity contribution is -0.132. The van der Waals surface area contributed by atoms with Crippen molar-refractivity contribution in [3.63, 3.8) is 0 Å². The lowest BCUT2D eigenvalue weighted by Gasteiger charge is -2.31. The van der Waals surface area contributed by atoms with E-state index in [0.717, 1.165) is 5.56 Å². The largest absolute Gasteiger partial charge is 0.493 e. The summed E-state index contributed by atoms with van der Waals surface area (Å²) >= 11 is 0. The Bertz CT molecular complexity index is 948. The molecule has 0 bridgehead atoms. The minimum atomic E-state index is -1.20. The third kappa shape index (κ3) is 5.00. The molecule has 31 heavy (non-hydrogen) atoms. The number of halogens is 3. The monoisotopic (exact) mass is 435 g/mol. The molecule has 1 aliphatic rings. The van der Waals surface area contributed by atoms with E-state index < -0.39 is 34.7 Å². The second-order valence-electron chi connectivity index (χ2n) is 7.42. The predicted molar refractivity (Wildman–Crippen MR) is 108 cm³/mol. The van der Waals surface area contributed by atoms with Gasteiger partial charge in [-0.1, -0.05) is 12.1 Å². The highest BCUT2D eigenvalue weighted by molar-refractivity contribution is 5.98. The fraction of sp³-hybridized carbons (Fsp3) is 0.391. The molecule has 2 aromatic rings. The lowest BCUT2D eigenvalue weighted by atomic mass is 9.88. The Hall–Kier alpha value is -3.03. The van der Waals surface area contributed by atoms with Gasteiger partial charge in [-0.3, -0.25) is 9.59 Å². The molecule has 8 heteroatoms. The fourth-order valence-corrected chi connectivity index (χ4v) is 3.92. The first-order chi connectivity index (χ1) is 14.8. The van der Waals surface area contributed by atoms with Gasteiger partial charge in [-0.05, 0) is 30.9 Å². The summed E-state index contributed by atoms with van der Waals surface area (Å²) in [5.41, 5.74) is 0.138. The van der Waals surface area contributed by atoms with Crippen LogP contribution in [0.25, 0.3) is 0 Å². The molecule has 0 radical (unpaired) electrons. The normalized spacial score (nSPS) is 14.4. The summed E-state index contributed by atoms with van der Waals surface area (Å²) in [6.07, 6.45) is 1.31. The molecule has 1 heterocycles. The first-order valence-corrected chi connectivity index (χ1v) is 10.0. The van der Waals surface area contributed by atoms with Gasteiger partial charge in [0.2, 0.25) is 5.91 Å². The number of ether oxygens (including phenoxy) is 2. The van der Waals surface area contributed by atoms with Gasteiger partial charge in [0, 0.05) is 37.6 Å². The van der Waals surface area contributed by atoms with E-state index in [9.17, 15) is 22.8 Å². The van der Waals surface area contributed by atoms with Crippen molar-refractivity contribution in [2.24, 2.45) is 5.92 Å². The van der Waals surface area contributed by atoms with Gasteiger partial charge in [-0.2, -0.15) is 0 Å². The van der Waals surface area contributed by atoms with Crippen molar-refractivity contribution in [2.45, 2.75) is 25.7 Å². The fourth-order valence-electron chi connectivity index (χ4n) is 3.92. The van der Waals surface area contributed by atoms with E-state index in [4.69, 9.17) is 9.47 Å². The van der Waals surface area contributed by atoms with Crippen LogP contribution in [0.15, 0.2) is 30.3 Å². The highest BCUT2D eigenvalue weighted by Crippen LogP contribution is 2.32. The third-order valence-corrected chi connectivity index (χ3v) is 5.56. The van der Waals surface area contributed by atoms with Crippen molar-refractivity contribution in [3.05, 3.63) is 58.9 Å². The van der Waals surface area contributed by atoms with E-state index in [1.165, 1.54) is 7.11 Å². The molecule has 1 saturated heterocycles. The van der Waals surface area contributed by atoms with Crippen LogP contribution in [0.4, 0.5) is 13.2 Å². The highest BCUT2D eigenvalue weighted by atomic mass is 19.1. The molecule has 0 unspecified atom stereocenters. The number of hydrogen-bond acceptors (Lipinski definition) is 4. The first kappa shape index (κ1) is 22.7. The molecule has 1 amide bonds. The maximum Gasteiger partial charge on any atom is 0.222 e. The van der Waals surface area contributed by atoms with Crippen LogP contribution in [0.1, 0.15) is 35.2 Å². The van der Waals surface area contributed by atoms with E-state index in [0.29, 0.717) is 56.0 Å². The Morgan fingerprint density at radius 1 is 1.03 bits per heavy atom. The number of piperidine rings is 1. The van der Waals surface area contributed by atoms with Crippen molar-refractivity contribution in [1.29, 1.82) is 0 Å². The van der Waals surface area contributed by atoms with Crippen LogP contribution in [0.5, 0.6) is 11.5 Å². The van der Waals surface area contributed by atoms with Crippen molar-refractivity contribution in [3.8, 4) is 11.5 Å². The van der Waals surface area contributed by atoms with Crippen molar-refractivity contribution in [1.82, 2.24) is 4.90 Å². The van der Waals surface area contributed by atoms with Crippen molar-refractivity contribution < 1.29 is 32.2 Å². The number of hydrogen-bond donors (Lipinski definition) is 0. The molecule has 0 aliphatic carbocycles. The molecule has 0 N–H and O–H groups in total. The van der Waals surface area contributed by atoms with E-state index in [-0.39, 0.29) is 12.3 Å². The van der Waals surface area contributed by atoms with Gasteiger partial charge in [-0.15, -0.1) is 0 Å². The SMILES string of the molecule is COc1cccc(CCC(=O)N2CCC(C(=O)c3c(F)cc(F)cc3F)CC2)c1OC. The molecule has 3 rings (SSSR count). The van der Waals surface area contributed by atoms with Crippen LogP contribution in [0.3, 0.4) is 0 Å². The summed E-state index contributed by atoms with van der Waals surface area (Å²) in [6.45, 7) is 0.629. The standard InChI is InChI=1S/C23H24F3NO4/c1-30-19-5-3-4-15(23(19)31-2)6-7-20(28)27-10-8-14(9-11-27)22(29)21-17(25)12-16(24)13-18(21)26/h3-5,12-14H,6-11H2,1-2H3. The zero-order chi connectivity index (χ0) is 22.5. The lowest BCUT2D eigenvalue weighted by Crippen LogP contribution is -2.40. The van der Waals surface area contributed by atoms with Crippen LogP contribution in [0.2, 0.25) is 0 Å². The molecule has 0 aromatic heterocycles. The van der Waals surface area contributed by atoms with Crippen LogP contribution in [-0.2, 0) is 11.2 Å². The minimum absolute atomic E-state index is 0.0742. The van der Waals surface area contributed by atoms with Crippen LogP contribution in [0, 0.1) is 23.4 Å². The second kappa shape index (κ2) is 9.85. The van der Waals surface area contributed by atoms with Gasteiger partial charge in [0.15, 0.2) is 17.3 Å². The number of carbonyl (C=O) groups is 2. The number of benzene rings is 2. The Kier molecular flexibility index (Phi) is 7.20. The third-order valence-electron chi connectivity index (χ3n) is 5.56. The zero-order valence-corrected chi connectivity index (χ0v) is 17.4. The molecule has 5 nitrogen and oxygen atoms in total. The van der Waals surface area contributed by atoms with E-state index in [1.807, 2.05) is 12.1 Å². The maximum absolute atomic E-state index is 13.9. The van der Waals surface area contributed by atoms with Gasteiger partial charge in [0.05, 0.1) is 19.8 Å². The van der Waals surface area contributed by atoms with Crippen LogP contribution in [-0.4, -0.2) is 43.9 Å². The van der Waals surface area contributed by atoms with Gasteiger partial charge in [-0.25, -0.2) is 13.2 Å². The van der Waals surface area contributed by atoms with E-state index in [1.54, 1.807) is 18.1 Å². The first-order valence-electron chi connectivity index (χ1n) is 10.0. The smallest absolute Gasteiger partial charge is 0.222 e. The molecular weight excluding hydrogens is 411 g/mol. The van der Waals surface area contributed by atoms with Gasteiger partial charge < -0.3 is 14.4 Å². The summed E-state index contributed by atoms with van der Waals surface area (Å²) in [4.78, 5) is 26.8.